The van der Waals surface area contributed by atoms with Gasteiger partial charge >= 0.3 is 12.3 Å². The summed E-state index contributed by atoms with van der Waals surface area (Å²) in [6, 6.07) is 2.15. The number of nitrogens with zero attached hydrogens (tertiary/aromatic N) is 3. The van der Waals surface area contributed by atoms with Crippen molar-refractivity contribution in [1.82, 2.24) is 14.9 Å². The van der Waals surface area contributed by atoms with Gasteiger partial charge in [0, 0.05) is 12.1 Å². The van der Waals surface area contributed by atoms with Gasteiger partial charge in [-0.2, -0.15) is 13.2 Å². The highest BCUT2D eigenvalue weighted by atomic mass is 19.4. The third-order valence-corrected chi connectivity index (χ3v) is 4.07. The summed E-state index contributed by atoms with van der Waals surface area (Å²) in [5, 5.41) is 0. The Morgan fingerprint density at radius 2 is 1.90 bits per heavy atom. The molecule has 0 spiro atoms. The van der Waals surface area contributed by atoms with Crippen molar-refractivity contribution < 1.29 is 31.8 Å². The molecule has 1 aliphatic heterocycles. The van der Waals surface area contributed by atoms with Crippen LogP contribution in [0.3, 0.4) is 0 Å². The molecular formula is C19H19F4N3O3. The maximum absolute atomic E-state index is 13.3. The second-order valence-electron chi connectivity index (χ2n) is 7.50. The normalized spacial score (nSPS) is 14.4. The second-order valence-corrected chi connectivity index (χ2v) is 7.50. The molecule has 0 unspecified atom stereocenters. The lowest BCUT2D eigenvalue weighted by atomic mass is 10.1. The summed E-state index contributed by atoms with van der Waals surface area (Å²) in [4.78, 5) is 21.7. The molecule has 1 aromatic heterocycles. The Hall–Kier alpha value is -2.91. The molecule has 0 saturated carbocycles. The number of hydrogen-bond donors (Lipinski definition) is 0. The van der Waals surface area contributed by atoms with E-state index in [0.717, 1.165) is 18.5 Å². The number of benzene rings is 1. The highest BCUT2D eigenvalue weighted by Crippen LogP contribution is 2.39. The summed E-state index contributed by atoms with van der Waals surface area (Å²) in [6.07, 6.45) is -3.89. The van der Waals surface area contributed by atoms with Gasteiger partial charge in [-0.1, -0.05) is 0 Å². The van der Waals surface area contributed by atoms with Crippen molar-refractivity contribution in [2.75, 3.05) is 6.54 Å². The van der Waals surface area contributed by atoms with Crippen LogP contribution in [-0.2, 0) is 23.9 Å². The predicted octanol–water partition coefficient (Wildman–Crippen LogP) is 4.72. The molecule has 0 radical (unpaired) electrons. The lowest BCUT2D eigenvalue weighted by Crippen LogP contribution is -2.40. The molecule has 6 nitrogen and oxygen atoms in total. The van der Waals surface area contributed by atoms with E-state index in [9.17, 15) is 22.4 Å². The van der Waals surface area contributed by atoms with Gasteiger partial charge in [0.05, 0.1) is 12.2 Å². The van der Waals surface area contributed by atoms with E-state index in [1.165, 1.54) is 4.90 Å². The van der Waals surface area contributed by atoms with Crippen molar-refractivity contribution in [3.63, 3.8) is 0 Å². The van der Waals surface area contributed by atoms with Crippen LogP contribution in [0.25, 0.3) is 0 Å². The highest BCUT2D eigenvalue weighted by molar-refractivity contribution is 5.68. The molecule has 29 heavy (non-hydrogen) atoms. The molecule has 0 N–H and O–H groups in total. The molecule has 2 aromatic rings. The van der Waals surface area contributed by atoms with Gasteiger partial charge < -0.3 is 14.4 Å². The number of hydrogen-bond acceptors (Lipinski definition) is 5. The van der Waals surface area contributed by atoms with Crippen molar-refractivity contribution in [2.45, 2.75) is 45.5 Å². The number of fused-ring (bicyclic) bond motifs is 1. The van der Waals surface area contributed by atoms with Crippen molar-refractivity contribution in [3.8, 4) is 11.6 Å². The zero-order valence-electron chi connectivity index (χ0n) is 16.0. The third kappa shape index (κ3) is 4.93. The molecular weight excluding hydrogens is 394 g/mol. The number of ether oxygens (including phenoxy) is 2. The Bertz CT molecular complexity index is 926. The first-order valence-electron chi connectivity index (χ1n) is 8.79. The van der Waals surface area contributed by atoms with Crippen molar-refractivity contribution >= 4 is 6.09 Å². The predicted molar refractivity (Wildman–Crippen MR) is 93.9 cm³/mol. The summed E-state index contributed by atoms with van der Waals surface area (Å²) in [7, 11) is 0. The number of rotatable bonds is 2. The van der Waals surface area contributed by atoms with Crippen molar-refractivity contribution in [3.05, 3.63) is 47.2 Å². The zero-order valence-corrected chi connectivity index (χ0v) is 16.0. The summed E-state index contributed by atoms with van der Waals surface area (Å²) in [5.74, 6) is -1.65. The van der Waals surface area contributed by atoms with Crippen molar-refractivity contribution in [2.24, 2.45) is 0 Å². The van der Waals surface area contributed by atoms with E-state index >= 15 is 0 Å². The first kappa shape index (κ1) is 20.8. The second kappa shape index (κ2) is 7.49. The van der Waals surface area contributed by atoms with Gasteiger partial charge in [0.2, 0.25) is 5.88 Å². The van der Waals surface area contributed by atoms with E-state index < -0.39 is 35.0 Å². The Balaban J connectivity index is 1.86. The molecule has 10 heteroatoms. The SMILES string of the molecule is CC(C)(C)OC(=O)N1CCc2c(ncnc2Oc2ccc(F)cc2C(F)(F)F)C1. The van der Waals surface area contributed by atoms with Gasteiger partial charge in [-0.05, 0) is 45.4 Å². The lowest BCUT2D eigenvalue weighted by Gasteiger charge is -2.31. The van der Waals surface area contributed by atoms with Crippen LogP contribution < -0.4 is 4.74 Å². The number of amides is 1. The van der Waals surface area contributed by atoms with Gasteiger partial charge in [-0.3, -0.25) is 0 Å². The summed E-state index contributed by atoms with van der Waals surface area (Å²) < 4.78 is 63.6. The average molecular weight is 413 g/mol. The largest absolute Gasteiger partial charge is 0.444 e. The lowest BCUT2D eigenvalue weighted by molar-refractivity contribution is -0.138. The molecule has 2 heterocycles. The molecule has 0 saturated heterocycles. The third-order valence-electron chi connectivity index (χ3n) is 4.07. The van der Waals surface area contributed by atoms with E-state index in [1.807, 2.05) is 0 Å². The smallest absolute Gasteiger partial charge is 0.420 e. The monoisotopic (exact) mass is 413 g/mol. The molecule has 0 atom stereocenters. The van der Waals surface area contributed by atoms with Gasteiger partial charge in [0.25, 0.3) is 0 Å². The van der Waals surface area contributed by atoms with Crippen LogP contribution in [0.2, 0.25) is 0 Å². The van der Waals surface area contributed by atoms with Gasteiger partial charge in [-0.15, -0.1) is 0 Å². The van der Waals surface area contributed by atoms with Crippen LogP contribution in [0, 0.1) is 5.82 Å². The van der Waals surface area contributed by atoms with Crippen LogP contribution in [0.4, 0.5) is 22.4 Å². The minimum atomic E-state index is -4.79. The zero-order chi connectivity index (χ0) is 21.4. The minimum absolute atomic E-state index is 0.0593. The first-order valence-corrected chi connectivity index (χ1v) is 8.79. The maximum atomic E-state index is 13.3. The van der Waals surface area contributed by atoms with Gasteiger partial charge in [0.15, 0.2) is 0 Å². The van der Waals surface area contributed by atoms with Crippen LogP contribution >= 0.6 is 0 Å². The Kier molecular flexibility index (Phi) is 5.38. The number of halogens is 4. The molecule has 156 valence electrons. The van der Waals surface area contributed by atoms with Crippen LogP contribution in [-0.4, -0.2) is 33.1 Å². The maximum Gasteiger partial charge on any atom is 0.420 e. The minimum Gasteiger partial charge on any atom is -0.444 e. The molecule has 0 fully saturated rings. The topological polar surface area (TPSA) is 64.5 Å². The van der Waals surface area contributed by atoms with Crippen molar-refractivity contribution in [1.29, 1.82) is 0 Å². The standard InChI is InChI=1S/C19H19F4N3O3/c1-18(2,3)29-17(27)26-7-6-12-14(9-26)24-10-25-16(12)28-15-5-4-11(20)8-13(15)19(21,22)23/h4-5,8,10H,6-7,9H2,1-3H3. The fourth-order valence-electron chi connectivity index (χ4n) is 2.81. The fourth-order valence-corrected chi connectivity index (χ4v) is 2.81. The number of carbonyl (C=O) groups excluding carboxylic acids is 1. The molecule has 3 rings (SSSR count). The number of aromatic nitrogens is 2. The van der Waals surface area contributed by atoms with Gasteiger partial charge in [-0.25, -0.2) is 19.2 Å². The Labute approximate surface area is 164 Å². The molecule has 1 aliphatic rings. The quantitative estimate of drug-likeness (QED) is 0.667. The van der Waals surface area contributed by atoms with Crippen LogP contribution in [0.1, 0.15) is 37.6 Å². The average Bonchev–Trinajstić information content (AvgIpc) is 2.60. The van der Waals surface area contributed by atoms with E-state index in [0.29, 0.717) is 17.3 Å². The highest BCUT2D eigenvalue weighted by Gasteiger charge is 2.36. The summed E-state index contributed by atoms with van der Waals surface area (Å²) in [5.41, 5.74) is -0.961. The van der Waals surface area contributed by atoms with Crippen LogP contribution in [0.5, 0.6) is 11.6 Å². The molecule has 1 aromatic carbocycles. The molecule has 0 bridgehead atoms. The molecule has 0 aliphatic carbocycles. The first-order chi connectivity index (χ1) is 13.4. The van der Waals surface area contributed by atoms with Crippen LogP contribution in [0.15, 0.2) is 24.5 Å². The number of alkyl halides is 3. The fraction of sp³-hybridized carbons (Fsp3) is 0.421. The van der Waals surface area contributed by atoms with E-state index in [-0.39, 0.29) is 25.4 Å². The van der Waals surface area contributed by atoms with E-state index in [4.69, 9.17) is 9.47 Å². The van der Waals surface area contributed by atoms with E-state index in [2.05, 4.69) is 9.97 Å². The summed E-state index contributed by atoms with van der Waals surface area (Å²) >= 11 is 0. The Morgan fingerprint density at radius 1 is 1.17 bits per heavy atom. The number of carbonyl (C=O) groups is 1. The molecule has 1 amide bonds. The van der Waals surface area contributed by atoms with Gasteiger partial charge in [0.1, 0.15) is 29.1 Å². The summed E-state index contributed by atoms with van der Waals surface area (Å²) in [6.45, 7) is 5.62. The Morgan fingerprint density at radius 3 is 2.55 bits per heavy atom. The van der Waals surface area contributed by atoms with E-state index in [1.54, 1.807) is 20.8 Å².